The van der Waals surface area contributed by atoms with Gasteiger partial charge in [0.25, 0.3) is 0 Å². The molecule has 3 aromatic rings. The zero-order valence-corrected chi connectivity index (χ0v) is 23.5. The monoisotopic (exact) mass is 539 g/mol. The predicted octanol–water partition coefficient (Wildman–Crippen LogP) is 3.33. The maximum absolute atomic E-state index is 13.2. The number of ether oxygens (including phenoxy) is 2. The van der Waals surface area contributed by atoms with Crippen LogP contribution in [-0.2, 0) is 17.1 Å². The zero-order valence-electron chi connectivity index (χ0n) is 22.7. The molecular formula is C28H37N5O4S. The van der Waals surface area contributed by atoms with Crippen LogP contribution in [0.4, 0.5) is 5.69 Å². The highest BCUT2D eigenvalue weighted by molar-refractivity contribution is 7.89. The molecule has 38 heavy (non-hydrogen) atoms. The Morgan fingerprint density at radius 3 is 2.47 bits per heavy atom. The molecule has 9 nitrogen and oxygen atoms in total. The van der Waals surface area contributed by atoms with Gasteiger partial charge in [-0.25, -0.2) is 13.1 Å². The molecule has 0 spiro atoms. The molecule has 3 saturated heterocycles. The van der Waals surface area contributed by atoms with Gasteiger partial charge in [0.15, 0.2) is 0 Å². The summed E-state index contributed by atoms with van der Waals surface area (Å²) in [6, 6.07) is 15.7. The van der Waals surface area contributed by atoms with E-state index < -0.39 is 10.0 Å². The molecule has 0 radical (unpaired) electrons. The van der Waals surface area contributed by atoms with Crippen molar-refractivity contribution in [3.8, 4) is 22.8 Å². The Bertz CT molecular complexity index is 1390. The Morgan fingerprint density at radius 2 is 1.84 bits per heavy atom. The highest BCUT2D eigenvalue weighted by Gasteiger charge is 2.42. The van der Waals surface area contributed by atoms with Crippen LogP contribution in [0.2, 0.25) is 0 Å². The Hall–Kier alpha value is -3.08. The molecule has 204 valence electrons. The molecule has 0 saturated carbocycles. The minimum Gasteiger partial charge on any atom is -0.497 e. The van der Waals surface area contributed by atoms with Crippen LogP contribution in [0.1, 0.15) is 24.5 Å². The fourth-order valence-corrected chi connectivity index (χ4v) is 7.12. The number of hydrogen-bond acceptors (Lipinski definition) is 7. The van der Waals surface area contributed by atoms with Crippen molar-refractivity contribution >= 4 is 15.7 Å². The summed E-state index contributed by atoms with van der Waals surface area (Å²) in [7, 11) is 5.32. The van der Waals surface area contributed by atoms with Crippen molar-refractivity contribution in [2.45, 2.75) is 29.7 Å². The van der Waals surface area contributed by atoms with E-state index in [1.807, 2.05) is 25.8 Å². The molecule has 1 aromatic heterocycles. The average Bonchev–Trinajstić information content (AvgIpc) is 3.33. The van der Waals surface area contributed by atoms with Crippen molar-refractivity contribution < 1.29 is 17.9 Å². The topological polar surface area (TPSA) is 88.9 Å². The van der Waals surface area contributed by atoms with E-state index in [2.05, 4.69) is 44.9 Å². The van der Waals surface area contributed by atoms with Gasteiger partial charge in [0.2, 0.25) is 10.0 Å². The Kier molecular flexibility index (Phi) is 7.39. The Morgan fingerprint density at radius 1 is 1.08 bits per heavy atom. The van der Waals surface area contributed by atoms with E-state index >= 15 is 0 Å². The third-order valence-corrected chi connectivity index (χ3v) is 9.47. The minimum absolute atomic E-state index is 0.0919. The third kappa shape index (κ3) is 5.12. The SMILES string of the molecule is COc1ccc(OC)c(S(=O)(=O)NC[C@H]2C[C@@H]3CCN2C[C@@H]3c2cc(-c3ccc(N(C)C)cc3)nn2C)c1. The molecule has 0 amide bonds. The van der Waals surface area contributed by atoms with Crippen LogP contribution in [-0.4, -0.2) is 77.1 Å². The molecule has 4 heterocycles. The first-order valence-corrected chi connectivity index (χ1v) is 14.5. The van der Waals surface area contributed by atoms with Gasteiger partial charge < -0.3 is 14.4 Å². The maximum Gasteiger partial charge on any atom is 0.244 e. The number of aryl methyl sites for hydroxylation is 1. The first-order chi connectivity index (χ1) is 18.2. The van der Waals surface area contributed by atoms with Gasteiger partial charge in [-0.05, 0) is 55.6 Å². The van der Waals surface area contributed by atoms with Crippen molar-refractivity contribution in [3.05, 3.63) is 54.2 Å². The smallest absolute Gasteiger partial charge is 0.244 e. The second-order valence-electron chi connectivity index (χ2n) is 10.4. The van der Waals surface area contributed by atoms with Gasteiger partial charge >= 0.3 is 0 Å². The number of sulfonamides is 1. The van der Waals surface area contributed by atoms with Gasteiger partial charge in [0, 0.05) is 69.2 Å². The summed E-state index contributed by atoms with van der Waals surface area (Å²) in [6.45, 7) is 2.24. The summed E-state index contributed by atoms with van der Waals surface area (Å²) in [6.07, 6.45) is 2.05. The number of anilines is 1. The van der Waals surface area contributed by atoms with E-state index in [1.165, 1.54) is 26.0 Å². The molecule has 3 aliphatic rings. The standard InChI is InChI=1S/C28H37N5O4S/c1-31(2)21-8-6-19(7-9-21)25-16-26(32(3)30-25)24-18-33-13-12-20(24)14-22(33)17-29-38(34,35)28-15-23(36-4)10-11-27(28)37-5/h6-11,15-16,20,22,24,29H,12-14,17-18H2,1-5H3/t20-,22+,24-/m0/s1. The van der Waals surface area contributed by atoms with Crippen molar-refractivity contribution in [2.75, 3.05) is 52.8 Å². The molecule has 6 rings (SSSR count). The molecule has 2 bridgehead atoms. The first-order valence-electron chi connectivity index (χ1n) is 13.0. The largest absolute Gasteiger partial charge is 0.497 e. The van der Waals surface area contributed by atoms with E-state index in [4.69, 9.17) is 14.6 Å². The molecule has 1 N–H and O–H groups in total. The lowest BCUT2D eigenvalue weighted by Crippen LogP contribution is -2.56. The summed E-state index contributed by atoms with van der Waals surface area (Å²) in [5.74, 6) is 1.63. The lowest BCUT2D eigenvalue weighted by Gasteiger charge is -2.49. The molecule has 0 aliphatic carbocycles. The third-order valence-electron chi connectivity index (χ3n) is 8.02. The second-order valence-corrected chi connectivity index (χ2v) is 12.2. The number of rotatable bonds is 9. The summed E-state index contributed by atoms with van der Waals surface area (Å²) >= 11 is 0. The summed E-state index contributed by atoms with van der Waals surface area (Å²) in [5.41, 5.74) is 4.50. The van der Waals surface area contributed by atoms with Gasteiger partial charge in [-0.2, -0.15) is 5.10 Å². The predicted molar refractivity (Wildman–Crippen MR) is 149 cm³/mol. The number of aromatic nitrogens is 2. The van der Waals surface area contributed by atoms with Crippen molar-refractivity contribution in [1.29, 1.82) is 0 Å². The maximum atomic E-state index is 13.2. The average molecular weight is 540 g/mol. The number of fused-ring (bicyclic) bond motifs is 3. The van der Waals surface area contributed by atoms with E-state index in [-0.39, 0.29) is 10.9 Å². The first kappa shape index (κ1) is 26.5. The van der Waals surface area contributed by atoms with Crippen LogP contribution < -0.4 is 19.1 Å². The number of nitrogens with one attached hydrogen (secondary N) is 1. The summed E-state index contributed by atoms with van der Waals surface area (Å²) in [5, 5.41) is 4.84. The number of nitrogens with zero attached hydrogens (tertiary/aromatic N) is 4. The van der Waals surface area contributed by atoms with E-state index in [0.29, 0.717) is 29.9 Å². The van der Waals surface area contributed by atoms with Crippen LogP contribution in [0.5, 0.6) is 11.5 Å². The number of benzene rings is 2. The fourth-order valence-electron chi connectivity index (χ4n) is 5.86. The highest BCUT2D eigenvalue weighted by atomic mass is 32.2. The number of methoxy groups -OCH3 is 2. The molecule has 2 aromatic carbocycles. The second kappa shape index (κ2) is 10.6. The Labute approximate surface area is 225 Å². The van der Waals surface area contributed by atoms with Gasteiger partial charge in [0.05, 0.1) is 19.9 Å². The van der Waals surface area contributed by atoms with Crippen LogP contribution in [0.3, 0.4) is 0 Å². The van der Waals surface area contributed by atoms with Crippen LogP contribution in [0.25, 0.3) is 11.3 Å². The van der Waals surface area contributed by atoms with Crippen molar-refractivity contribution in [1.82, 2.24) is 19.4 Å². The number of hydrogen-bond donors (Lipinski definition) is 1. The quantitative estimate of drug-likeness (QED) is 0.446. The van der Waals surface area contributed by atoms with Crippen LogP contribution >= 0.6 is 0 Å². The van der Waals surface area contributed by atoms with Gasteiger partial charge in [-0.1, -0.05) is 12.1 Å². The van der Waals surface area contributed by atoms with E-state index in [9.17, 15) is 8.42 Å². The fraction of sp³-hybridized carbons (Fsp3) is 0.464. The van der Waals surface area contributed by atoms with Crippen molar-refractivity contribution in [3.63, 3.8) is 0 Å². The van der Waals surface area contributed by atoms with Crippen LogP contribution in [0.15, 0.2) is 53.4 Å². The molecular weight excluding hydrogens is 502 g/mol. The molecule has 3 aliphatic heterocycles. The van der Waals surface area contributed by atoms with Crippen molar-refractivity contribution in [2.24, 2.45) is 13.0 Å². The summed E-state index contributed by atoms with van der Waals surface area (Å²) in [4.78, 5) is 4.60. The summed E-state index contributed by atoms with van der Waals surface area (Å²) < 4.78 is 41.7. The highest BCUT2D eigenvalue weighted by Crippen LogP contribution is 2.42. The van der Waals surface area contributed by atoms with Gasteiger partial charge in [-0.3, -0.25) is 9.58 Å². The normalized spacial score (nSPS) is 22.9. The molecule has 10 heteroatoms. The molecule has 1 unspecified atom stereocenters. The zero-order chi connectivity index (χ0) is 27.0. The van der Waals surface area contributed by atoms with Crippen LogP contribution in [0, 0.1) is 5.92 Å². The van der Waals surface area contributed by atoms with Gasteiger partial charge in [-0.15, -0.1) is 0 Å². The Balaban J connectivity index is 1.28. The number of piperidine rings is 3. The molecule has 4 atom stereocenters. The van der Waals surface area contributed by atoms with E-state index in [1.54, 1.807) is 12.1 Å². The lowest BCUT2D eigenvalue weighted by molar-refractivity contribution is 0.0306. The van der Waals surface area contributed by atoms with E-state index in [0.717, 1.165) is 42.9 Å². The van der Waals surface area contributed by atoms with Gasteiger partial charge in [0.1, 0.15) is 16.4 Å². The molecule has 3 fully saturated rings. The minimum atomic E-state index is -3.76. The lowest BCUT2D eigenvalue weighted by atomic mass is 9.74.